The molecule has 16 heavy (non-hydrogen) atoms. The van der Waals surface area contributed by atoms with E-state index in [4.69, 9.17) is 11.6 Å². The second-order valence-corrected chi connectivity index (χ2v) is 4.16. The first-order chi connectivity index (χ1) is 7.50. The van der Waals surface area contributed by atoms with E-state index in [-0.39, 0.29) is 11.8 Å². The first-order valence-electron chi connectivity index (χ1n) is 4.83. The van der Waals surface area contributed by atoms with Gasteiger partial charge < -0.3 is 0 Å². The smallest absolute Gasteiger partial charge is 0.258 e. The molecule has 0 aromatic heterocycles. The van der Waals surface area contributed by atoms with Gasteiger partial charge in [-0.2, -0.15) is 0 Å². The minimum Gasteiger partial charge on any atom is -0.269 e. The van der Waals surface area contributed by atoms with Crippen molar-refractivity contribution in [3.8, 4) is 0 Å². The van der Waals surface area contributed by atoms with Gasteiger partial charge in [0.25, 0.3) is 11.8 Å². The van der Waals surface area contributed by atoms with Gasteiger partial charge in [0.1, 0.15) is 0 Å². The average molecular weight is 236 g/mol. The second-order valence-electron chi connectivity index (χ2n) is 3.76. The molecular weight excluding hydrogens is 226 g/mol. The molecule has 0 fully saturated rings. The molecule has 0 saturated carbocycles. The Bertz CT molecular complexity index is 479. The third kappa shape index (κ3) is 1.63. The summed E-state index contributed by atoms with van der Waals surface area (Å²) in [6, 6.07) is 3.63. The van der Waals surface area contributed by atoms with Crippen LogP contribution in [-0.4, -0.2) is 11.8 Å². The monoisotopic (exact) mass is 235 g/mol. The number of hydrogen-bond donors (Lipinski definition) is 0. The van der Waals surface area contributed by atoms with Crippen LogP contribution in [0.4, 0.5) is 5.69 Å². The van der Waals surface area contributed by atoms with E-state index in [1.54, 1.807) is 6.07 Å². The summed E-state index contributed by atoms with van der Waals surface area (Å²) in [5, 5.41) is 0.419. The van der Waals surface area contributed by atoms with Gasteiger partial charge in [-0.25, -0.2) is 4.90 Å². The summed E-state index contributed by atoms with van der Waals surface area (Å²) >= 11 is 6.07. The molecule has 1 aliphatic rings. The van der Waals surface area contributed by atoms with Crippen molar-refractivity contribution in [2.45, 2.75) is 13.8 Å². The van der Waals surface area contributed by atoms with Crippen molar-refractivity contribution >= 4 is 29.1 Å². The number of aryl methyl sites for hydroxylation is 2. The van der Waals surface area contributed by atoms with Gasteiger partial charge in [-0.1, -0.05) is 17.7 Å². The fraction of sp³-hybridized carbons (Fsp3) is 0.167. The van der Waals surface area contributed by atoms with E-state index >= 15 is 0 Å². The zero-order valence-electron chi connectivity index (χ0n) is 8.95. The summed E-state index contributed by atoms with van der Waals surface area (Å²) < 4.78 is 0. The van der Waals surface area contributed by atoms with E-state index in [2.05, 4.69) is 0 Å². The van der Waals surface area contributed by atoms with Crippen LogP contribution in [0.15, 0.2) is 24.3 Å². The number of benzene rings is 1. The number of halogens is 1. The van der Waals surface area contributed by atoms with Gasteiger partial charge in [-0.05, 0) is 31.0 Å². The lowest BCUT2D eigenvalue weighted by atomic mass is 10.1. The van der Waals surface area contributed by atoms with Crippen LogP contribution in [0.3, 0.4) is 0 Å². The molecule has 1 aromatic carbocycles. The Kier molecular flexibility index (Phi) is 2.56. The maximum atomic E-state index is 11.5. The Morgan fingerprint density at radius 2 is 1.62 bits per heavy atom. The molecule has 2 amide bonds. The van der Waals surface area contributed by atoms with E-state index in [9.17, 15) is 9.59 Å². The SMILES string of the molecule is Cc1cc(C)c(N2C(=O)C=CC2=O)c(Cl)c1. The van der Waals surface area contributed by atoms with Crippen molar-refractivity contribution in [1.82, 2.24) is 0 Å². The highest BCUT2D eigenvalue weighted by Gasteiger charge is 2.28. The second kappa shape index (κ2) is 3.76. The fourth-order valence-corrected chi connectivity index (χ4v) is 2.22. The van der Waals surface area contributed by atoms with Crippen molar-refractivity contribution in [3.05, 3.63) is 40.4 Å². The highest BCUT2D eigenvalue weighted by molar-refractivity contribution is 6.37. The topological polar surface area (TPSA) is 37.4 Å². The van der Waals surface area contributed by atoms with Crippen LogP contribution in [-0.2, 0) is 9.59 Å². The number of hydrogen-bond acceptors (Lipinski definition) is 2. The predicted molar refractivity (Wildman–Crippen MR) is 62.6 cm³/mol. The maximum Gasteiger partial charge on any atom is 0.258 e. The Balaban J connectivity index is 2.57. The molecule has 0 N–H and O–H groups in total. The van der Waals surface area contributed by atoms with Crippen molar-refractivity contribution < 1.29 is 9.59 Å². The van der Waals surface area contributed by atoms with Crippen LogP contribution >= 0.6 is 11.6 Å². The summed E-state index contributed by atoms with van der Waals surface area (Å²) in [4.78, 5) is 24.2. The van der Waals surface area contributed by atoms with Crippen molar-refractivity contribution in [2.75, 3.05) is 4.90 Å². The van der Waals surface area contributed by atoms with Crippen LogP contribution in [0.25, 0.3) is 0 Å². The minimum absolute atomic E-state index is 0.348. The average Bonchev–Trinajstić information content (AvgIpc) is 2.47. The minimum atomic E-state index is -0.348. The fourth-order valence-electron chi connectivity index (χ4n) is 1.81. The molecule has 1 heterocycles. The number of anilines is 1. The maximum absolute atomic E-state index is 11.5. The largest absolute Gasteiger partial charge is 0.269 e. The molecule has 2 rings (SSSR count). The van der Waals surface area contributed by atoms with Crippen molar-refractivity contribution in [3.63, 3.8) is 0 Å². The number of carbonyl (C=O) groups excluding carboxylic acids is 2. The van der Waals surface area contributed by atoms with Crippen molar-refractivity contribution in [2.24, 2.45) is 0 Å². The van der Waals surface area contributed by atoms with Gasteiger partial charge in [0.15, 0.2) is 0 Å². The third-order valence-electron chi connectivity index (χ3n) is 2.43. The molecule has 3 nitrogen and oxygen atoms in total. The molecule has 0 atom stereocenters. The summed E-state index contributed by atoms with van der Waals surface area (Å²) in [5.41, 5.74) is 2.29. The van der Waals surface area contributed by atoms with Gasteiger partial charge in [0.05, 0.1) is 10.7 Å². The van der Waals surface area contributed by atoms with E-state index < -0.39 is 0 Å². The normalized spacial score (nSPS) is 15.1. The molecule has 0 aliphatic carbocycles. The third-order valence-corrected chi connectivity index (χ3v) is 2.72. The number of nitrogens with zero attached hydrogens (tertiary/aromatic N) is 1. The molecule has 82 valence electrons. The molecule has 0 spiro atoms. The molecule has 0 unspecified atom stereocenters. The van der Waals surface area contributed by atoms with Gasteiger partial charge in [0, 0.05) is 12.2 Å². The Labute approximate surface area is 98.3 Å². The zero-order valence-corrected chi connectivity index (χ0v) is 9.71. The quantitative estimate of drug-likeness (QED) is 0.701. The van der Waals surface area contributed by atoms with E-state index in [0.29, 0.717) is 10.7 Å². The van der Waals surface area contributed by atoms with Crippen LogP contribution in [0.1, 0.15) is 11.1 Å². The standard InChI is InChI=1S/C12H10ClNO2/c1-7-5-8(2)12(9(13)6-7)14-10(15)3-4-11(14)16/h3-6H,1-2H3. The lowest BCUT2D eigenvalue weighted by molar-refractivity contribution is -0.119. The van der Waals surface area contributed by atoms with E-state index in [0.717, 1.165) is 16.0 Å². The van der Waals surface area contributed by atoms with Crippen molar-refractivity contribution in [1.29, 1.82) is 0 Å². The molecule has 0 radical (unpaired) electrons. The summed E-state index contributed by atoms with van der Waals surface area (Å²) in [6.45, 7) is 3.74. The Hall–Kier alpha value is -1.61. The molecule has 0 bridgehead atoms. The predicted octanol–water partition coefficient (Wildman–Crippen LogP) is 2.39. The highest BCUT2D eigenvalue weighted by atomic mass is 35.5. The lowest BCUT2D eigenvalue weighted by Gasteiger charge is -2.18. The first kappa shape index (κ1) is 10.9. The lowest BCUT2D eigenvalue weighted by Crippen LogP contribution is -2.30. The molecule has 0 saturated heterocycles. The van der Waals surface area contributed by atoms with E-state index in [1.807, 2.05) is 19.9 Å². The van der Waals surface area contributed by atoms with Crippen LogP contribution < -0.4 is 4.90 Å². The summed E-state index contributed by atoms with van der Waals surface area (Å²) in [7, 11) is 0. The van der Waals surface area contributed by atoms with Gasteiger partial charge in [-0.15, -0.1) is 0 Å². The Morgan fingerprint density at radius 3 is 2.12 bits per heavy atom. The van der Waals surface area contributed by atoms with Crippen LogP contribution in [0.5, 0.6) is 0 Å². The molecule has 4 heteroatoms. The van der Waals surface area contributed by atoms with Gasteiger partial charge in [0.2, 0.25) is 0 Å². The van der Waals surface area contributed by atoms with Gasteiger partial charge in [-0.3, -0.25) is 9.59 Å². The summed E-state index contributed by atoms with van der Waals surface area (Å²) in [6.07, 6.45) is 2.50. The van der Waals surface area contributed by atoms with Crippen LogP contribution in [0, 0.1) is 13.8 Å². The number of carbonyl (C=O) groups is 2. The first-order valence-corrected chi connectivity index (χ1v) is 5.21. The zero-order chi connectivity index (χ0) is 11.9. The number of imide groups is 1. The molecule has 1 aromatic rings. The van der Waals surface area contributed by atoms with Crippen LogP contribution in [0.2, 0.25) is 5.02 Å². The highest BCUT2D eigenvalue weighted by Crippen LogP contribution is 2.32. The number of rotatable bonds is 1. The summed E-state index contributed by atoms with van der Waals surface area (Å²) in [5.74, 6) is -0.697. The molecular formula is C12H10ClNO2. The van der Waals surface area contributed by atoms with E-state index in [1.165, 1.54) is 12.2 Å². The van der Waals surface area contributed by atoms with Gasteiger partial charge >= 0.3 is 0 Å². The molecule has 1 aliphatic heterocycles. The Morgan fingerprint density at radius 1 is 1.06 bits per heavy atom. The number of amides is 2.